The molecule has 1 aromatic carbocycles. The number of benzene rings is 1. The Labute approximate surface area is 101 Å². The number of hydrogen-bond acceptors (Lipinski definition) is 5. The van der Waals surface area contributed by atoms with Crippen LogP contribution in [0.3, 0.4) is 0 Å². The van der Waals surface area contributed by atoms with E-state index in [4.69, 9.17) is 9.47 Å². The van der Waals surface area contributed by atoms with Gasteiger partial charge in [0.25, 0.3) is 0 Å². The van der Waals surface area contributed by atoms with Crippen molar-refractivity contribution in [1.82, 2.24) is 5.32 Å². The minimum atomic E-state index is -0.673. The van der Waals surface area contributed by atoms with Crippen molar-refractivity contribution in [2.24, 2.45) is 0 Å². The number of hydrogen-bond donors (Lipinski definition) is 1. The second-order valence-electron chi connectivity index (χ2n) is 3.59. The van der Waals surface area contributed by atoms with Crippen LogP contribution in [0.5, 0.6) is 5.75 Å². The van der Waals surface area contributed by atoms with E-state index in [0.29, 0.717) is 0 Å². The van der Waals surface area contributed by atoms with Crippen LogP contribution in [-0.2, 0) is 4.74 Å². The fourth-order valence-corrected chi connectivity index (χ4v) is 1.46. The van der Waals surface area contributed by atoms with E-state index in [1.165, 1.54) is 0 Å². The van der Waals surface area contributed by atoms with Gasteiger partial charge in [-0.05, 0) is 6.07 Å². The molecule has 7 nitrogen and oxygen atoms in total. The van der Waals surface area contributed by atoms with Crippen molar-refractivity contribution in [2.45, 2.75) is 6.10 Å². The molecule has 1 aliphatic heterocycles. The summed E-state index contributed by atoms with van der Waals surface area (Å²) >= 11 is 0. The number of nitrogens with one attached hydrogen (secondary N) is 1. The fourth-order valence-electron chi connectivity index (χ4n) is 1.46. The number of nitrogens with zero attached hydrogens (tertiary/aromatic N) is 1. The van der Waals surface area contributed by atoms with Crippen LogP contribution in [0, 0.1) is 15.9 Å². The topological polar surface area (TPSA) is 90.7 Å². The van der Waals surface area contributed by atoms with Gasteiger partial charge in [-0.25, -0.2) is 9.18 Å². The third kappa shape index (κ3) is 2.65. The van der Waals surface area contributed by atoms with Crippen LogP contribution in [0.4, 0.5) is 14.9 Å². The number of ether oxygens (including phenoxy) is 2. The summed E-state index contributed by atoms with van der Waals surface area (Å²) in [5.74, 6) is -0.833. The normalized spacial score (nSPS) is 18.1. The first-order chi connectivity index (χ1) is 8.56. The van der Waals surface area contributed by atoms with E-state index in [9.17, 15) is 19.3 Å². The molecule has 0 aliphatic carbocycles. The zero-order chi connectivity index (χ0) is 13.1. The van der Waals surface area contributed by atoms with Gasteiger partial charge in [-0.1, -0.05) is 0 Å². The van der Waals surface area contributed by atoms with Crippen molar-refractivity contribution in [2.75, 3.05) is 13.2 Å². The Balaban J connectivity index is 2.06. The zero-order valence-electron chi connectivity index (χ0n) is 9.09. The highest BCUT2D eigenvalue weighted by Gasteiger charge is 2.24. The van der Waals surface area contributed by atoms with E-state index in [1.807, 2.05) is 0 Å². The summed E-state index contributed by atoms with van der Waals surface area (Å²) in [6.45, 7) is 0.172. The maximum absolute atomic E-state index is 13.0. The van der Waals surface area contributed by atoms with Gasteiger partial charge in [0.1, 0.15) is 12.4 Å². The largest absolute Gasteiger partial charge is 0.483 e. The van der Waals surface area contributed by atoms with Crippen molar-refractivity contribution in [1.29, 1.82) is 0 Å². The molecule has 8 heteroatoms. The van der Waals surface area contributed by atoms with Crippen molar-refractivity contribution >= 4 is 11.8 Å². The summed E-state index contributed by atoms with van der Waals surface area (Å²) < 4.78 is 22.9. The molecule has 0 spiro atoms. The Morgan fingerprint density at radius 1 is 1.61 bits per heavy atom. The number of rotatable bonds is 4. The van der Waals surface area contributed by atoms with Crippen molar-refractivity contribution < 1.29 is 23.6 Å². The molecule has 18 heavy (non-hydrogen) atoms. The third-order valence-corrected chi connectivity index (χ3v) is 2.29. The van der Waals surface area contributed by atoms with E-state index in [-0.39, 0.29) is 24.6 Å². The van der Waals surface area contributed by atoms with Crippen molar-refractivity contribution in [3.05, 3.63) is 34.1 Å². The smallest absolute Gasteiger partial charge is 0.407 e. The molecular weight excluding hydrogens is 247 g/mol. The lowest BCUT2D eigenvalue weighted by molar-refractivity contribution is -0.386. The van der Waals surface area contributed by atoms with Gasteiger partial charge in [-0.2, -0.15) is 0 Å². The molecular formula is C10H9FN2O5. The van der Waals surface area contributed by atoms with Crippen LogP contribution in [0.25, 0.3) is 0 Å². The quantitative estimate of drug-likeness (QED) is 0.646. The fraction of sp³-hybridized carbons (Fsp3) is 0.300. The van der Waals surface area contributed by atoms with Crippen LogP contribution in [0.15, 0.2) is 18.2 Å². The van der Waals surface area contributed by atoms with E-state index < -0.39 is 22.9 Å². The van der Waals surface area contributed by atoms with Gasteiger partial charge in [-0.15, -0.1) is 0 Å². The molecule has 1 aliphatic rings. The van der Waals surface area contributed by atoms with Crippen LogP contribution in [0.2, 0.25) is 0 Å². The lowest BCUT2D eigenvalue weighted by Crippen LogP contribution is -2.22. The highest BCUT2D eigenvalue weighted by molar-refractivity contribution is 5.69. The monoisotopic (exact) mass is 256 g/mol. The third-order valence-electron chi connectivity index (χ3n) is 2.29. The second-order valence-corrected chi connectivity index (χ2v) is 3.59. The molecule has 96 valence electrons. The summed E-state index contributed by atoms with van der Waals surface area (Å²) in [6, 6.07) is 2.91. The molecule has 0 aromatic heterocycles. The number of nitro benzene ring substituents is 1. The molecule has 0 radical (unpaired) electrons. The number of cyclic esters (lactones) is 1. The Hall–Kier alpha value is -2.38. The molecule has 0 saturated carbocycles. The molecule has 1 fully saturated rings. The Kier molecular flexibility index (Phi) is 3.26. The predicted octanol–water partition coefficient (Wildman–Crippen LogP) is 1.22. The second kappa shape index (κ2) is 4.86. The van der Waals surface area contributed by atoms with E-state index in [0.717, 1.165) is 18.2 Å². The zero-order valence-corrected chi connectivity index (χ0v) is 9.09. The lowest BCUT2D eigenvalue weighted by Gasteiger charge is -2.10. The molecule has 1 N–H and O–H groups in total. The molecule has 1 saturated heterocycles. The van der Waals surface area contributed by atoms with Crippen molar-refractivity contribution in [3.8, 4) is 5.75 Å². The average Bonchev–Trinajstić information content (AvgIpc) is 2.72. The molecule has 1 atom stereocenters. The standard InChI is InChI=1S/C10H9FN2O5/c11-6-1-2-8(13(15)16)9(3-6)17-5-7-4-12-10(14)18-7/h1-3,7H,4-5H2,(H,12,14). The average molecular weight is 256 g/mol. The van der Waals surface area contributed by atoms with Crippen LogP contribution < -0.4 is 10.1 Å². The summed E-state index contributed by atoms with van der Waals surface area (Å²) in [6.07, 6.45) is -1.11. The first-order valence-electron chi connectivity index (χ1n) is 5.07. The van der Waals surface area contributed by atoms with E-state index in [1.54, 1.807) is 0 Å². The number of nitro groups is 1. The van der Waals surface area contributed by atoms with Gasteiger partial charge in [-0.3, -0.25) is 10.1 Å². The van der Waals surface area contributed by atoms with Gasteiger partial charge < -0.3 is 14.8 Å². The number of carbonyl (C=O) groups is 1. The summed E-state index contributed by atoms with van der Waals surface area (Å²) in [7, 11) is 0. The van der Waals surface area contributed by atoms with Gasteiger partial charge in [0.05, 0.1) is 11.5 Å². The highest BCUT2D eigenvalue weighted by atomic mass is 19.1. The van der Waals surface area contributed by atoms with Crippen molar-refractivity contribution in [3.63, 3.8) is 0 Å². The molecule has 0 bridgehead atoms. The molecule has 1 unspecified atom stereocenters. The maximum Gasteiger partial charge on any atom is 0.407 e. The summed E-state index contributed by atoms with van der Waals surface area (Å²) in [5.41, 5.74) is -0.339. The molecule has 1 heterocycles. The minimum absolute atomic E-state index is 0.0803. The molecule has 2 rings (SSSR count). The van der Waals surface area contributed by atoms with Crippen LogP contribution in [-0.4, -0.2) is 30.3 Å². The lowest BCUT2D eigenvalue weighted by atomic mass is 10.3. The van der Waals surface area contributed by atoms with Crippen LogP contribution >= 0.6 is 0 Å². The first kappa shape index (κ1) is 12.1. The Bertz CT molecular complexity index is 493. The Morgan fingerprint density at radius 3 is 3.00 bits per heavy atom. The predicted molar refractivity (Wildman–Crippen MR) is 56.8 cm³/mol. The summed E-state index contributed by atoms with van der Waals surface area (Å²) in [5, 5.41) is 13.1. The number of carbonyl (C=O) groups excluding carboxylic acids is 1. The van der Waals surface area contributed by atoms with Crippen LogP contribution in [0.1, 0.15) is 0 Å². The maximum atomic E-state index is 13.0. The molecule has 1 aromatic rings. The number of amides is 1. The van der Waals surface area contributed by atoms with Gasteiger partial charge in [0, 0.05) is 12.1 Å². The van der Waals surface area contributed by atoms with E-state index >= 15 is 0 Å². The van der Waals surface area contributed by atoms with Gasteiger partial charge in [0.2, 0.25) is 0 Å². The van der Waals surface area contributed by atoms with E-state index in [2.05, 4.69) is 5.32 Å². The number of alkyl carbamates (subject to hydrolysis) is 1. The first-order valence-corrected chi connectivity index (χ1v) is 5.07. The summed E-state index contributed by atoms with van der Waals surface area (Å²) in [4.78, 5) is 20.8. The molecule has 1 amide bonds. The highest BCUT2D eigenvalue weighted by Crippen LogP contribution is 2.27. The Morgan fingerprint density at radius 2 is 2.39 bits per heavy atom. The minimum Gasteiger partial charge on any atom is -0.483 e. The SMILES string of the molecule is O=C1NCC(COc2cc(F)ccc2[N+](=O)[O-])O1. The van der Waals surface area contributed by atoms with Gasteiger partial charge in [0.15, 0.2) is 11.9 Å². The number of halogens is 1. The van der Waals surface area contributed by atoms with Gasteiger partial charge >= 0.3 is 11.8 Å².